The zero-order valence-corrected chi connectivity index (χ0v) is 5.30. The minimum atomic E-state index is -0.891. The molecule has 1 heterocycles. The van der Waals surface area contributed by atoms with Crippen molar-refractivity contribution in [3.63, 3.8) is 0 Å². The summed E-state index contributed by atoms with van der Waals surface area (Å²) >= 11 is 0. The van der Waals surface area contributed by atoms with Gasteiger partial charge in [0.25, 0.3) is 0 Å². The van der Waals surface area contributed by atoms with Gasteiger partial charge in [0, 0.05) is 12.1 Å². The zero-order chi connectivity index (χ0) is 8.43. The first-order valence-electron chi connectivity index (χ1n) is 2.68. The van der Waals surface area contributed by atoms with E-state index in [0.717, 1.165) is 12.3 Å². The number of hydrogen-bond donors (Lipinski definition) is 1. The number of nitrogens with zero attached hydrogens (tertiary/aromatic N) is 2. The van der Waals surface area contributed by atoms with E-state index < -0.39 is 16.5 Å². The number of rotatable bonds is 1. The summed E-state index contributed by atoms with van der Waals surface area (Å²) in [5, 5.41) is 29.4. The van der Waals surface area contributed by atoms with Crippen LogP contribution in [0.3, 0.4) is 0 Å². The molecule has 6 nitrogen and oxygen atoms in total. The molecule has 6 heteroatoms. The van der Waals surface area contributed by atoms with E-state index in [2.05, 4.69) is 0 Å². The van der Waals surface area contributed by atoms with Gasteiger partial charge < -0.3 is 10.3 Å². The minimum absolute atomic E-state index is 0.0259. The molecule has 0 atom stereocenters. The van der Waals surface area contributed by atoms with Crippen molar-refractivity contribution in [1.29, 1.82) is 0 Å². The van der Waals surface area contributed by atoms with E-state index in [-0.39, 0.29) is 4.73 Å². The molecular weight excluding hydrogens is 152 g/mol. The number of aromatic nitrogens is 1. The largest absolute Gasteiger partial charge is 0.616 e. The smallest absolute Gasteiger partial charge is 0.457 e. The Labute approximate surface area is 61.1 Å². The highest BCUT2D eigenvalue weighted by Crippen LogP contribution is 2.18. The van der Waals surface area contributed by atoms with Gasteiger partial charge in [0.15, 0.2) is 6.20 Å². The molecule has 0 amide bonds. The van der Waals surface area contributed by atoms with Crippen LogP contribution in [0, 0.1) is 15.3 Å². The Morgan fingerprint density at radius 1 is 1.64 bits per heavy atom. The van der Waals surface area contributed by atoms with Crippen molar-refractivity contribution < 1.29 is 14.8 Å². The molecule has 0 spiro atoms. The van der Waals surface area contributed by atoms with Crippen molar-refractivity contribution in [3.05, 3.63) is 33.7 Å². The molecule has 0 fully saturated rings. The monoisotopic (exact) mass is 156 g/mol. The van der Waals surface area contributed by atoms with Gasteiger partial charge in [0.05, 0.1) is 4.92 Å². The van der Waals surface area contributed by atoms with Crippen molar-refractivity contribution in [3.8, 4) is 5.88 Å². The van der Waals surface area contributed by atoms with Crippen LogP contribution in [-0.2, 0) is 0 Å². The first-order valence-corrected chi connectivity index (χ1v) is 2.68. The van der Waals surface area contributed by atoms with Crippen LogP contribution >= 0.6 is 0 Å². The standard InChI is InChI=1S/C5H4N2O4/c8-5-4(7(10)11)2-1-3-6(5)9/h1-3,8H. The van der Waals surface area contributed by atoms with Crippen LogP contribution < -0.4 is 4.73 Å². The molecule has 0 saturated carbocycles. The Kier molecular flexibility index (Phi) is 1.59. The fraction of sp³-hybridized carbons (Fsp3) is 0. The van der Waals surface area contributed by atoms with Crippen LogP contribution in [-0.4, -0.2) is 10.0 Å². The lowest BCUT2D eigenvalue weighted by molar-refractivity contribution is -0.617. The summed E-state index contributed by atoms with van der Waals surface area (Å²) in [6.45, 7) is 0. The third kappa shape index (κ3) is 1.18. The molecule has 0 saturated heterocycles. The summed E-state index contributed by atoms with van der Waals surface area (Å²) in [6, 6.07) is 2.23. The summed E-state index contributed by atoms with van der Waals surface area (Å²) in [4.78, 5) is 9.24. The molecule has 1 N–H and O–H groups in total. The fourth-order valence-electron chi connectivity index (χ4n) is 0.613. The molecule has 0 radical (unpaired) electrons. The second-order valence-electron chi connectivity index (χ2n) is 1.80. The second kappa shape index (κ2) is 2.41. The highest BCUT2D eigenvalue weighted by atomic mass is 16.6. The van der Waals surface area contributed by atoms with Crippen molar-refractivity contribution in [2.45, 2.75) is 0 Å². The highest BCUT2D eigenvalue weighted by Gasteiger charge is 2.20. The van der Waals surface area contributed by atoms with Crippen molar-refractivity contribution in [2.24, 2.45) is 0 Å². The molecule has 0 unspecified atom stereocenters. The number of hydrogen-bond acceptors (Lipinski definition) is 4. The molecule has 0 aliphatic rings. The fourth-order valence-corrected chi connectivity index (χ4v) is 0.613. The van der Waals surface area contributed by atoms with Gasteiger partial charge in [0.2, 0.25) is 0 Å². The quantitative estimate of drug-likeness (QED) is 0.267. The highest BCUT2D eigenvalue weighted by molar-refractivity contribution is 5.34. The summed E-state index contributed by atoms with van der Waals surface area (Å²) < 4.78 is 0.0259. The predicted molar refractivity (Wildman–Crippen MR) is 33.7 cm³/mol. The Morgan fingerprint density at radius 3 is 2.73 bits per heavy atom. The van der Waals surface area contributed by atoms with Gasteiger partial charge in [-0.2, -0.15) is 0 Å². The van der Waals surface area contributed by atoms with Crippen LogP contribution in [0.25, 0.3) is 0 Å². The van der Waals surface area contributed by atoms with Gasteiger partial charge in [-0.05, 0) is 0 Å². The van der Waals surface area contributed by atoms with Gasteiger partial charge in [-0.1, -0.05) is 0 Å². The number of nitro groups is 1. The molecule has 0 bridgehead atoms. The van der Waals surface area contributed by atoms with Crippen molar-refractivity contribution in [1.82, 2.24) is 0 Å². The zero-order valence-electron chi connectivity index (χ0n) is 5.30. The molecule has 1 rings (SSSR count). The van der Waals surface area contributed by atoms with Crippen molar-refractivity contribution in [2.75, 3.05) is 0 Å². The van der Waals surface area contributed by atoms with Gasteiger partial charge in [-0.3, -0.25) is 10.1 Å². The summed E-state index contributed by atoms with van der Waals surface area (Å²) in [6.07, 6.45) is 0.975. The van der Waals surface area contributed by atoms with E-state index in [1.165, 1.54) is 6.07 Å². The predicted octanol–water partition coefficient (Wildman–Crippen LogP) is -0.0662. The molecule has 1 aromatic rings. The Bertz CT molecular complexity index is 299. The molecule has 1 aromatic heterocycles. The first-order chi connectivity index (χ1) is 5.13. The Morgan fingerprint density at radius 2 is 2.27 bits per heavy atom. The van der Waals surface area contributed by atoms with Crippen LogP contribution in [0.5, 0.6) is 5.88 Å². The van der Waals surface area contributed by atoms with E-state index in [4.69, 9.17) is 5.11 Å². The van der Waals surface area contributed by atoms with Crippen LogP contribution in [0.1, 0.15) is 0 Å². The third-order valence-electron chi connectivity index (χ3n) is 1.11. The number of aromatic hydroxyl groups is 1. The first kappa shape index (κ1) is 7.26. The summed E-state index contributed by atoms with van der Waals surface area (Å²) in [7, 11) is 0. The topological polar surface area (TPSA) is 90.3 Å². The molecular formula is C5H4N2O4. The normalized spacial score (nSPS) is 9.45. The summed E-state index contributed by atoms with van der Waals surface area (Å²) in [5.74, 6) is -0.891. The second-order valence-corrected chi connectivity index (χ2v) is 1.80. The summed E-state index contributed by atoms with van der Waals surface area (Å²) in [5.41, 5.74) is -0.595. The van der Waals surface area contributed by atoms with E-state index in [0.29, 0.717) is 0 Å². The van der Waals surface area contributed by atoms with Gasteiger partial charge in [-0.25, -0.2) is 0 Å². The maximum Gasteiger partial charge on any atom is 0.457 e. The average Bonchev–Trinajstić information content (AvgIpc) is 1.94. The van der Waals surface area contributed by atoms with E-state index in [1.54, 1.807) is 0 Å². The van der Waals surface area contributed by atoms with Crippen LogP contribution in [0.15, 0.2) is 18.3 Å². The van der Waals surface area contributed by atoms with Crippen LogP contribution in [0.2, 0.25) is 0 Å². The third-order valence-corrected chi connectivity index (χ3v) is 1.11. The minimum Gasteiger partial charge on any atom is -0.616 e. The van der Waals surface area contributed by atoms with Gasteiger partial charge in [-0.15, -0.1) is 4.73 Å². The van der Waals surface area contributed by atoms with E-state index in [1.807, 2.05) is 0 Å². The van der Waals surface area contributed by atoms with Gasteiger partial charge >= 0.3 is 11.6 Å². The maximum absolute atomic E-state index is 10.5. The van der Waals surface area contributed by atoms with Crippen molar-refractivity contribution >= 4 is 5.69 Å². The lowest BCUT2D eigenvalue weighted by atomic mass is 10.4. The van der Waals surface area contributed by atoms with E-state index in [9.17, 15) is 15.3 Å². The Hall–Kier alpha value is -1.85. The van der Waals surface area contributed by atoms with Crippen LogP contribution in [0.4, 0.5) is 5.69 Å². The molecule has 0 aromatic carbocycles. The van der Waals surface area contributed by atoms with E-state index >= 15 is 0 Å². The van der Waals surface area contributed by atoms with Gasteiger partial charge in [0.1, 0.15) is 0 Å². The SMILES string of the molecule is O=[N+]([O-])c1ccc[n+]([O-])c1O. The number of pyridine rings is 1. The lowest BCUT2D eigenvalue weighted by Crippen LogP contribution is -2.25. The molecule has 0 aliphatic carbocycles. The molecule has 0 aliphatic heterocycles. The molecule has 11 heavy (non-hydrogen) atoms. The average molecular weight is 156 g/mol. The maximum atomic E-state index is 10.5. The molecule has 58 valence electrons. The Balaban J connectivity index is 3.27. The lowest BCUT2D eigenvalue weighted by Gasteiger charge is -1.96.